The first-order valence-electron chi connectivity index (χ1n) is 3.81. The number of rotatable bonds is 3. The maximum Gasteiger partial charge on any atom is 0.341 e. The lowest BCUT2D eigenvalue weighted by Crippen LogP contribution is -2.10. The molecule has 0 aliphatic carbocycles. The van der Waals surface area contributed by atoms with Crippen molar-refractivity contribution in [3.8, 4) is 5.75 Å². The molecule has 0 radical (unpaired) electrons. The SMILES string of the molecule is Cc1cc(OCC(=O)O)c(F)cc1Br. The summed E-state index contributed by atoms with van der Waals surface area (Å²) in [5, 5.41) is 8.33. The number of halogens is 2. The van der Waals surface area contributed by atoms with E-state index >= 15 is 0 Å². The van der Waals surface area contributed by atoms with Crippen molar-refractivity contribution in [1.29, 1.82) is 0 Å². The number of carboxylic acids is 1. The van der Waals surface area contributed by atoms with Crippen molar-refractivity contribution in [2.75, 3.05) is 6.61 Å². The normalized spacial score (nSPS) is 9.93. The van der Waals surface area contributed by atoms with E-state index in [0.717, 1.165) is 5.56 Å². The molecule has 14 heavy (non-hydrogen) atoms. The molecule has 0 heterocycles. The number of carboxylic acid groups (broad SMARTS) is 1. The number of hydrogen-bond acceptors (Lipinski definition) is 2. The Kier molecular flexibility index (Phi) is 3.46. The van der Waals surface area contributed by atoms with Gasteiger partial charge in [0.1, 0.15) is 0 Å². The van der Waals surface area contributed by atoms with Crippen LogP contribution in [0.3, 0.4) is 0 Å². The van der Waals surface area contributed by atoms with Crippen LogP contribution >= 0.6 is 15.9 Å². The zero-order valence-electron chi connectivity index (χ0n) is 7.38. The van der Waals surface area contributed by atoms with Crippen LogP contribution in [-0.2, 0) is 4.79 Å². The number of ether oxygens (including phenoxy) is 1. The molecule has 0 amide bonds. The molecule has 76 valence electrons. The van der Waals surface area contributed by atoms with E-state index in [1.807, 2.05) is 0 Å². The highest BCUT2D eigenvalue weighted by molar-refractivity contribution is 9.10. The number of benzene rings is 1. The average molecular weight is 263 g/mol. The van der Waals surface area contributed by atoms with E-state index in [2.05, 4.69) is 15.9 Å². The standard InChI is InChI=1S/C9H8BrFO3/c1-5-2-8(14-4-9(12)13)7(11)3-6(5)10/h2-3H,4H2,1H3,(H,12,13). The third-order valence-electron chi connectivity index (χ3n) is 1.56. The monoisotopic (exact) mass is 262 g/mol. The van der Waals surface area contributed by atoms with Gasteiger partial charge in [-0.3, -0.25) is 0 Å². The van der Waals surface area contributed by atoms with Crippen LogP contribution in [0, 0.1) is 12.7 Å². The third-order valence-corrected chi connectivity index (χ3v) is 2.42. The lowest BCUT2D eigenvalue weighted by Gasteiger charge is -2.06. The second-order valence-electron chi connectivity index (χ2n) is 2.71. The lowest BCUT2D eigenvalue weighted by molar-refractivity contribution is -0.139. The van der Waals surface area contributed by atoms with Gasteiger partial charge < -0.3 is 9.84 Å². The van der Waals surface area contributed by atoms with E-state index in [9.17, 15) is 9.18 Å². The summed E-state index contributed by atoms with van der Waals surface area (Å²) in [6.45, 7) is 1.22. The van der Waals surface area contributed by atoms with Crippen molar-refractivity contribution in [3.05, 3.63) is 28.0 Å². The minimum absolute atomic E-state index is 0.0481. The fourth-order valence-electron chi connectivity index (χ4n) is 0.881. The minimum atomic E-state index is -1.13. The van der Waals surface area contributed by atoms with E-state index < -0.39 is 18.4 Å². The van der Waals surface area contributed by atoms with Gasteiger partial charge in [0, 0.05) is 4.47 Å². The van der Waals surface area contributed by atoms with Gasteiger partial charge in [-0.25, -0.2) is 9.18 Å². The van der Waals surface area contributed by atoms with Gasteiger partial charge in [0.05, 0.1) is 0 Å². The Labute approximate surface area is 88.6 Å². The van der Waals surface area contributed by atoms with Crippen LogP contribution in [0.5, 0.6) is 5.75 Å². The molecule has 5 heteroatoms. The van der Waals surface area contributed by atoms with E-state index in [1.165, 1.54) is 12.1 Å². The first-order valence-corrected chi connectivity index (χ1v) is 4.60. The predicted molar refractivity (Wildman–Crippen MR) is 52.0 cm³/mol. The summed E-state index contributed by atoms with van der Waals surface area (Å²) in [5.41, 5.74) is 0.784. The van der Waals surface area contributed by atoms with E-state index in [-0.39, 0.29) is 5.75 Å². The van der Waals surface area contributed by atoms with E-state index in [0.29, 0.717) is 4.47 Å². The van der Waals surface area contributed by atoms with Gasteiger partial charge in [-0.15, -0.1) is 0 Å². The topological polar surface area (TPSA) is 46.5 Å². The molecule has 0 aromatic heterocycles. The van der Waals surface area contributed by atoms with Crippen molar-refractivity contribution >= 4 is 21.9 Å². The molecule has 0 bridgehead atoms. The highest BCUT2D eigenvalue weighted by Gasteiger charge is 2.08. The van der Waals surface area contributed by atoms with Crippen LogP contribution in [0.15, 0.2) is 16.6 Å². The van der Waals surface area contributed by atoms with E-state index in [4.69, 9.17) is 9.84 Å². The molecule has 0 aliphatic heterocycles. The summed E-state index contributed by atoms with van der Waals surface area (Å²) < 4.78 is 18.5. The molecule has 0 aliphatic rings. The van der Waals surface area contributed by atoms with E-state index in [1.54, 1.807) is 6.92 Å². The number of carbonyl (C=O) groups is 1. The Hall–Kier alpha value is -1.10. The van der Waals surface area contributed by atoms with Crippen LogP contribution < -0.4 is 4.74 Å². The van der Waals surface area contributed by atoms with Gasteiger partial charge in [0.25, 0.3) is 0 Å². The summed E-state index contributed by atoms with van der Waals surface area (Å²) in [7, 11) is 0. The molecule has 1 N–H and O–H groups in total. The Balaban J connectivity index is 2.87. The molecule has 0 saturated carbocycles. The fraction of sp³-hybridized carbons (Fsp3) is 0.222. The summed E-state index contributed by atoms with van der Waals surface area (Å²) in [5.74, 6) is -1.76. The summed E-state index contributed by atoms with van der Waals surface area (Å²) >= 11 is 3.15. The molecule has 0 unspecified atom stereocenters. The molecule has 1 aromatic carbocycles. The molecule has 0 atom stereocenters. The fourth-order valence-corrected chi connectivity index (χ4v) is 1.20. The van der Waals surface area contributed by atoms with Crippen molar-refractivity contribution in [3.63, 3.8) is 0 Å². The van der Waals surface area contributed by atoms with Gasteiger partial charge in [0.15, 0.2) is 18.2 Å². The second kappa shape index (κ2) is 4.41. The van der Waals surface area contributed by atoms with Crippen LogP contribution in [0.1, 0.15) is 5.56 Å². The maximum absolute atomic E-state index is 13.1. The molecular weight excluding hydrogens is 255 g/mol. The van der Waals surface area contributed by atoms with Crippen molar-refractivity contribution in [2.45, 2.75) is 6.92 Å². The van der Waals surface area contributed by atoms with Crippen molar-refractivity contribution in [1.82, 2.24) is 0 Å². The maximum atomic E-state index is 13.1. The molecule has 0 fully saturated rings. The zero-order chi connectivity index (χ0) is 10.7. The first-order chi connectivity index (χ1) is 6.50. The molecule has 0 spiro atoms. The highest BCUT2D eigenvalue weighted by atomic mass is 79.9. The Morgan fingerprint density at radius 3 is 2.86 bits per heavy atom. The number of aryl methyl sites for hydroxylation is 1. The Morgan fingerprint density at radius 1 is 1.64 bits per heavy atom. The summed E-state index contributed by atoms with van der Waals surface area (Å²) in [6, 6.07) is 2.69. The highest BCUT2D eigenvalue weighted by Crippen LogP contribution is 2.25. The Bertz CT molecular complexity index is 365. The molecule has 3 nitrogen and oxygen atoms in total. The molecule has 0 saturated heterocycles. The Morgan fingerprint density at radius 2 is 2.29 bits per heavy atom. The largest absolute Gasteiger partial charge is 0.479 e. The lowest BCUT2D eigenvalue weighted by atomic mass is 10.2. The van der Waals surface area contributed by atoms with Gasteiger partial charge >= 0.3 is 5.97 Å². The average Bonchev–Trinajstić information content (AvgIpc) is 2.09. The summed E-state index contributed by atoms with van der Waals surface area (Å²) in [4.78, 5) is 10.2. The van der Waals surface area contributed by atoms with Crippen LogP contribution in [0.4, 0.5) is 4.39 Å². The first kappa shape index (κ1) is 11.0. The van der Waals surface area contributed by atoms with Crippen LogP contribution in [0.25, 0.3) is 0 Å². The molecule has 1 aromatic rings. The van der Waals surface area contributed by atoms with Crippen LogP contribution in [-0.4, -0.2) is 17.7 Å². The van der Waals surface area contributed by atoms with Crippen molar-refractivity contribution in [2.24, 2.45) is 0 Å². The second-order valence-corrected chi connectivity index (χ2v) is 3.57. The minimum Gasteiger partial charge on any atom is -0.479 e. The van der Waals surface area contributed by atoms with Gasteiger partial charge in [-0.1, -0.05) is 15.9 Å². The summed E-state index contributed by atoms with van der Waals surface area (Å²) in [6.07, 6.45) is 0. The molecule has 1 rings (SSSR count). The quantitative estimate of drug-likeness (QED) is 0.910. The number of aliphatic carboxylic acids is 1. The third kappa shape index (κ3) is 2.70. The number of hydrogen-bond donors (Lipinski definition) is 1. The van der Waals surface area contributed by atoms with Crippen LogP contribution in [0.2, 0.25) is 0 Å². The smallest absolute Gasteiger partial charge is 0.341 e. The molecular formula is C9H8BrFO3. The van der Waals surface area contributed by atoms with Crippen molar-refractivity contribution < 1.29 is 19.0 Å². The van der Waals surface area contributed by atoms with Gasteiger partial charge in [-0.05, 0) is 24.6 Å². The van der Waals surface area contributed by atoms with Gasteiger partial charge in [-0.2, -0.15) is 0 Å². The zero-order valence-corrected chi connectivity index (χ0v) is 8.97. The predicted octanol–water partition coefficient (Wildman–Crippen LogP) is 2.36. The van der Waals surface area contributed by atoms with Gasteiger partial charge in [0.2, 0.25) is 0 Å².